The van der Waals surface area contributed by atoms with Gasteiger partial charge >= 0.3 is 0 Å². The first-order valence-electron chi connectivity index (χ1n) is 7.01. The Labute approximate surface area is 119 Å². The minimum Gasteiger partial charge on any atom is -0.492 e. The van der Waals surface area contributed by atoms with Crippen molar-refractivity contribution in [1.29, 1.82) is 0 Å². The first-order valence-corrected chi connectivity index (χ1v) is 7.01. The summed E-state index contributed by atoms with van der Waals surface area (Å²) in [5.74, 6) is 0.996. The number of nitrogens with zero attached hydrogens (tertiary/aromatic N) is 1. The summed E-state index contributed by atoms with van der Waals surface area (Å²) in [6.07, 6.45) is 0. The number of amides is 1. The van der Waals surface area contributed by atoms with Crippen molar-refractivity contribution in [2.45, 2.75) is 6.92 Å². The lowest BCUT2D eigenvalue weighted by atomic mass is 10.2. The van der Waals surface area contributed by atoms with E-state index in [0.29, 0.717) is 46.0 Å². The molecule has 1 aromatic carbocycles. The van der Waals surface area contributed by atoms with E-state index in [1.807, 2.05) is 36.1 Å². The largest absolute Gasteiger partial charge is 0.492 e. The molecular weight excluding hydrogens is 256 g/mol. The molecule has 20 heavy (non-hydrogen) atoms. The molecule has 1 heterocycles. The number of carbonyl (C=O) groups excluding carboxylic acids is 1. The van der Waals surface area contributed by atoms with Gasteiger partial charge in [0.2, 0.25) is 5.91 Å². The summed E-state index contributed by atoms with van der Waals surface area (Å²) in [5, 5.41) is 3.11. The highest BCUT2D eigenvalue weighted by Gasteiger charge is 2.15. The summed E-state index contributed by atoms with van der Waals surface area (Å²) >= 11 is 0. The van der Waals surface area contributed by atoms with Crippen molar-refractivity contribution in [2.24, 2.45) is 0 Å². The lowest BCUT2D eigenvalue weighted by Crippen LogP contribution is -2.45. The van der Waals surface area contributed by atoms with Crippen LogP contribution in [0.4, 0.5) is 0 Å². The van der Waals surface area contributed by atoms with Gasteiger partial charge in [0, 0.05) is 19.6 Å². The first kappa shape index (κ1) is 14.8. The molecule has 5 nitrogen and oxygen atoms in total. The molecule has 0 atom stereocenters. The molecule has 1 saturated heterocycles. The molecule has 0 bridgehead atoms. The molecule has 0 saturated carbocycles. The Morgan fingerprint density at radius 3 is 2.95 bits per heavy atom. The van der Waals surface area contributed by atoms with Gasteiger partial charge in [-0.2, -0.15) is 0 Å². The second-order valence-electron chi connectivity index (χ2n) is 4.83. The Bertz CT molecular complexity index is 431. The predicted octanol–water partition coefficient (Wildman–Crippen LogP) is 0.822. The number of ether oxygens (including phenoxy) is 2. The van der Waals surface area contributed by atoms with E-state index >= 15 is 0 Å². The third kappa shape index (κ3) is 4.83. The van der Waals surface area contributed by atoms with Gasteiger partial charge in [-0.15, -0.1) is 0 Å². The predicted molar refractivity (Wildman–Crippen MR) is 76.9 cm³/mol. The van der Waals surface area contributed by atoms with Crippen molar-refractivity contribution in [2.75, 3.05) is 46.0 Å². The van der Waals surface area contributed by atoms with Gasteiger partial charge in [-0.1, -0.05) is 12.1 Å². The molecule has 1 amide bonds. The monoisotopic (exact) mass is 278 g/mol. The average molecular weight is 278 g/mol. The summed E-state index contributed by atoms with van der Waals surface area (Å²) in [6, 6.07) is 7.94. The molecule has 0 radical (unpaired) electrons. The van der Waals surface area contributed by atoms with Crippen LogP contribution in [0, 0.1) is 6.92 Å². The maximum absolute atomic E-state index is 11.8. The SMILES string of the molecule is Cc1cccc(OCCNCC(=O)N2CCOCC2)c1. The van der Waals surface area contributed by atoms with Crippen LogP contribution in [-0.2, 0) is 9.53 Å². The summed E-state index contributed by atoms with van der Waals surface area (Å²) in [5.41, 5.74) is 1.18. The topological polar surface area (TPSA) is 50.8 Å². The number of morpholine rings is 1. The molecule has 1 N–H and O–H groups in total. The summed E-state index contributed by atoms with van der Waals surface area (Å²) in [7, 11) is 0. The molecule has 0 aromatic heterocycles. The van der Waals surface area contributed by atoms with Gasteiger partial charge in [-0.3, -0.25) is 4.79 Å². The highest BCUT2D eigenvalue weighted by atomic mass is 16.5. The van der Waals surface area contributed by atoms with Crippen LogP contribution in [0.1, 0.15) is 5.56 Å². The number of rotatable bonds is 6. The van der Waals surface area contributed by atoms with Gasteiger partial charge in [0.15, 0.2) is 0 Å². The number of carbonyl (C=O) groups is 1. The number of nitrogens with one attached hydrogen (secondary N) is 1. The van der Waals surface area contributed by atoms with Crippen LogP contribution < -0.4 is 10.1 Å². The minimum absolute atomic E-state index is 0.129. The van der Waals surface area contributed by atoms with E-state index in [1.165, 1.54) is 5.56 Å². The van der Waals surface area contributed by atoms with E-state index in [0.717, 1.165) is 5.75 Å². The number of benzene rings is 1. The van der Waals surface area contributed by atoms with Crippen LogP contribution in [0.3, 0.4) is 0 Å². The normalized spacial score (nSPS) is 15.2. The van der Waals surface area contributed by atoms with Gasteiger partial charge in [0.25, 0.3) is 0 Å². The van der Waals surface area contributed by atoms with Crippen LogP contribution in [0.2, 0.25) is 0 Å². The lowest BCUT2D eigenvalue weighted by Gasteiger charge is -2.26. The van der Waals surface area contributed by atoms with Crippen molar-refractivity contribution in [1.82, 2.24) is 10.2 Å². The Balaban J connectivity index is 1.58. The van der Waals surface area contributed by atoms with Crippen LogP contribution in [-0.4, -0.2) is 56.8 Å². The third-order valence-electron chi connectivity index (χ3n) is 3.18. The molecule has 1 aliphatic heterocycles. The van der Waals surface area contributed by atoms with E-state index in [9.17, 15) is 4.79 Å². The third-order valence-corrected chi connectivity index (χ3v) is 3.18. The van der Waals surface area contributed by atoms with Crippen molar-refractivity contribution < 1.29 is 14.3 Å². The molecule has 0 unspecified atom stereocenters. The number of hydrogen-bond donors (Lipinski definition) is 1. The van der Waals surface area contributed by atoms with E-state index in [4.69, 9.17) is 9.47 Å². The highest BCUT2D eigenvalue weighted by Crippen LogP contribution is 2.11. The molecular formula is C15H22N2O3. The second kappa shape index (κ2) is 7.87. The van der Waals surface area contributed by atoms with Gasteiger partial charge < -0.3 is 19.7 Å². The zero-order chi connectivity index (χ0) is 14.2. The maximum atomic E-state index is 11.8. The molecule has 1 fully saturated rings. The molecule has 1 aliphatic rings. The Morgan fingerprint density at radius 2 is 2.20 bits per heavy atom. The van der Waals surface area contributed by atoms with Crippen molar-refractivity contribution >= 4 is 5.91 Å². The molecule has 5 heteroatoms. The van der Waals surface area contributed by atoms with E-state index in [1.54, 1.807) is 0 Å². The van der Waals surface area contributed by atoms with Crippen LogP contribution in [0.25, 0.3) is 0 Å². The molecule has 110 valence electrons. The fourth-order valence-corrected chi connectivity index (χ4v) is 2.07. The van der Waals surface area contributed by atoms with Gasteiger partial charge in [0.05, 0.1) is 19.8 Å². The number of hydrogen-bond acceptors (Lipinski definition) is 4. The zero-order valence-corrected chi connectivity index (χ0v) is 11.9. The van der Waals surface area contributed by atoms with E-state index < -0.39 is 0 Å². The zero-order valence-electron chi connectivity index (χ0n) is 11.9. The molecule has 0 spiro atoms. The second-order valence-corrected chi connectivity index (χ2v) is 4.83. The average Bonchev–Trinajstić information content (AvgIpc) is 2.48. The smallest absolute Gasteiger partial charge is 0.236 e. The summed E-state index contributed by atoms with van der Waals surface area (Å²) in [6.45, 7) is 6.28. The van der Waals surface area contributed by atoms with Crippen LogP contribution in [0.15, 0.2) is 24.3 Å². The van der Waals surface area contributed by atoms with Gasteiger partial charge in [0.1, 0.15) is 12.4 Å². The summed E-state index contributed by atoms with van der Waals surface area (Å²) < 4.78 is 10.8. The van der Waals surface area contributed by atoms with E-state index in [-0.39, 0.29) is 5.91 Å². The number of aryl methyl sites for hydroxylation is 1. The quantitative estimate of drug-likeness (QED) is 0.783. The maximum Gasteiger partial charge on any atom is 0.236 e. The van der Waals surface area contributed by atoms with Crippen molar-refractivity contribution in [3.8, 4) is 5.75 Å². The first-order chi connectivity index (χ1) is 9.75. The van der Waals surface area contributed by atoms with E-state index in [2.05, 4.69) is 5.32 Å². The van der Waals surface area contributed by atoms with Crippen molar-refractivity contribution in [3.63, 3.8) is 0 Å². The van der Waals surface area contributed by atoms with Crippen LogP contribution >= 0.6 is 0 Å². The van der Waals surface area contributed by atoms with Gasteiger partial charge in [-0.25, -0.2) is 0 Å². The highest BCUT2D eigenvalue weighted by molar-refractivity contribution is 5.78. The minimum atomic E-state index is 0.129. The molecule has 1 aromatic rings. The summed E-state index contributed by atoms with van der Waals surface area (Å²) in [4.78, 5) is 13.7. The fourth-order valence-electron chi connectivity index (χ4n) is 2.07. The Hall–Kier alpha value is -1.59. The van der Waals surface area contributed by atoms with Crippen LogP contribution in [0.5, 0.6) is 5.75 Å². The fraction of sp³-hybridized carbons (Fsp3) is 0.533. The van der Waals surface area contributed by atoms with Gasteiger partial charge in [-0.05, 0) is 24.6 Å². The molecule has 0 aliphatic carbocycles. The molecule has 2 rings (SSSR count). The lowest BCUT2D eigenvalue weighted by molar-refractivity contribution is -0.134. The Morgan fingerprint density at radius 1 is 1.40 bits per heavy atom. The van der Waals surface area contributed by atoms with Crippen molar-refractivity contribution in [3.05, 3.63) is 29.8 Å². The standard InChI is InChI=1S/C15H22N2O3/c1-13-3-2-4-14(11-13)20-8-5-16-12-15(18)17-6-9-19-10-7-17/h2-4,11,16H,5-10,12H2,1H3. The Kier molecular flexibility index (Phi) is 5.83.